The lowest BCUT2D eigenvalue weighted by Gasteiger charge is -2.17. The van der Waals surface area contributed by atoms with Crippen molar-refractivity contribution in [3.8, 4) is 0 Å². The molecule has 18 heavy (non-hydrogen) atoms. The fraction of sp³-hybridized carbons (Fsp3) is 0.455. The Kier molecular flexibility index (Phi) is 1.94. The first kappa shape index (κ1) is 10.2. The molecule has 3 N–H and O–H groups in total. The predicted molar refractivity (Wildman–Crippen MR) is 61.6 cm³/mol. The van der Waals surface area contributed by atoms with E-state index in [2.05, 4.69) is 9.97 Å². The maximum absolute atomic E-state index is 9.18. The topological polar surface area (TPSA) is 98.7 Å². The lowest BCUT2D eigenvalue weighted by Crippen LogP contribution is -2.22. The standard InChI is InChI=1S/C11H12N4O3/c12-9-5-1-2-15(10(5)14-4-13-9)11-8-7(18-8)6(3-16)17-11/h1-2,4,6-8,11,16H,3H2,(H2,12,13,14)/t6-,7?,8+,11-/m1/s1. The summed E-state index contributed by atoms with van der Waals surface area (Å²) in [5.74, 6) is 0.448. The molecule has 0 bridgehead atoms. The number of fused-ring (bicyclic) bond motifs is 2. The van der Waals surface area contributed by atoms with E-state index in [4.69, 9.17) is 15.2 Å². The maximum atomic E-state index is 9.18. The molecule has 4 rings (SSSR count). The van der Waals surface area contributed by atoms with Crippen LogP contribution in [0.3, 0.4) is 0 Å². The van der Waals surface area contributed by atoms with Gasteiger partial charge in [0.2, 0.25) is 0 Å². The molecule has 2 aromatic rings. The molecule has 7 heteroatoms. The first-order chi connectivity index (χ1) is 8.79. The van der Waals surface area contributed by atoms with Crippen LogP contribution in [-0.2, 0) is 9.47 Å². The minimum atomic E-state index is -0.253. The van der Waals surface area contributed by atoms with Crippen molar-refractivity contribution in [2.75, 3.05) is 12.3 Å². The van der Waals surface area contributed by atoms with Crippen molar-refractivity contribution >= 4 is 16.9 Å². The minimum Gasteiger partial charge on any atom is -0.394 e. The maximum Gasteiger partial charge on any atom is 0.164 e. The molecule has 2 aliphatic heterocycles. The summed E-state index contributed by atoms with van der Waals surface area (Å²) >= 11 is 0. The summed E-state index contributed by atoms with van der Waals surface area (Å²) in [6.45, 7) is -0.0337. The van der Waals surface area contributed by atoms with Crippen molar-refractivity contribution in [1.29, 1.82) is 0 Å². The average Bonchev–Trinajstić information content (AvgIpc) is 2.91. The number of nitrogens with two attached hydrogens (primary N) is 1. The molecule has 2 aromatic heterocycles. The molecule has 94 valence electrons. The SMILES string of the molecule is Nc1ncnc2c1ccn2[C@@H]1O[C@H](CO)C2O[C@@H]21. The predicted octanol–water partition coefficient (Wildman–Crippen LogP) is -0.329. The number of aliphatic hydroxyl groups excluding tert-OH is 1. The number of hydrogen-bond donors (Lipinski definition) is 2. The van der Waals surface area contributed by atoms with Crippen molar-refractivity contribution in [3.05, 3.63) is 18.6 Å². The zero-order valence-electron chi connectivity index (χ0n) is 9.43. The van der Waals surface area contributed by atoms with Gasteiger partial charge in [0.15, 0.2) is 6.23 Å². The van der Waals surface area contributed by atoms with E-state index in [0.29, 0.717) is 5.82 Å². The smallest absolute Gasteiger partial charge is 0.164 e. The number of rotatable bonds is 2. The Labute approximate surface area is 102 Å². The van der Waals surface area contributed by atoms with Gasteiger partial charge >= 0.3 is 0 Å². The Balaban J connectivity index is 1.78. The molecule has 1 unspecified atom stereocenters. The number of ether oxygens (including phenoxy) is 2. The Hall–Kier alpha value is -1.70. The van der Waals surface area contributed by atoms with E-state index in [0.717, 1.165) is 11.0 Å². The summed E-state index contributed by atoms with van der Waals surface area (Å²) in [7, 11) is 0. The molecule has 2 fully saturated rings. The van der Waals surface area contributed by atoms with Crippen LogP contribution in [0.4, 0.5) is 5.82 Å². The summed E-state index contributed by atoms with van der Waals surface area (Å²) in [6, 6.07) is 1.86. The van der Waals surface area contributed by atoms with Gasteiger partial charge in [-0.3, -0.25) is 0 Å². The Bertz CT molecular complexity index is 613. The van der Waals surface area contributed by atoms with Crippen LogP contribution in [0.1, 0.15) is 6.23 Å². The third-order valence-electron chi connectivity index (χ3n) is 3.52. The van der Waals surface area contributed by atoms with Crippen LogP contribution in [0.5, 0.6) is 0 Å². The molecule has 2 saturated heterocycles. The number of hydrogen-bond acceptors (Lipinski definition) is 6. The van der Waals surface area contributed by atoms with Gasteiger partial charge in [-0.25, -0.2) is 9.97 Å². The second-order valence-corrected chi connectivity index (χ2v) is 4.53. The molecular formula is C11H12N4O3. The zero-order chi connectivity index (χ0) is 12.3. The van der Waals surface area contributed by atoms with Gasteiger partial charge in [-0.2, -0.15) is 0 Å². The van der Waals surface area contributed by atoms with Crippen molar-refractivity contribution in [2.24, 2.45) is 0 Å². The molecule has 0 spiro atoms. The quantitative estimate of drug-likeness (QED) is 0.706. The van der Waals surface area contributed by atoms with E-state index in [1.54, 1.807) is 0 Å². The highest BCUT2D eigenvalue weighted by Gasteiger charge is 2.58. The summed E-state index contributed by atoms with van der Waals surface area (Å²) in [4.78, 5) is 8.17. The van der Waals surface area contributed by atoms with Crippen LogP contribution in [0.25, 0.3) is 11.0 Å². The van der Waals surface area contributed by atoms with E-state index in [9.17, 15) is 5.11 Å². The van der Waals surface area contributed by atoms with Crippen LogP contribution < -0.4 is 5.73 Å². The summed E-state index contributed by atoms with van der Waals surface area (Å²) < 4.78 is 13.1. The fourth-order valence-corrected chi connectivity index (χ4v) is 2.57. The van der Waals surface area contributed by atoms with Gasteiger partial charge in [0, 0.05) is 6.20 Å². The highest BCUT2D eigenvalue weighted by Crippen LogP contribution is 2.45. The highest BCUT2D eigenvalue weighted by molar-refractivity contribution is 5.86. The largest absolute Gasteiger partial charge is 0.394 e. The van der Waals surface area contributed by atoms with Gasteiger partial charge < -0.3 is 24.9 Å². The van der Waals surface area contributed by atoms with Crippen molar-refractivity contribution in [2.45, 2.75) is 24.5 Å². The summed E-state index contributed by atoms with van der Waals surface area (Å²) in [5, 5.41) is 9.97. The number of epoxide rings is 1. The first-order valence-electron chi connectivity index (χ1n) is 5.78. The zero-order valence-corrected chi connectivity index (χ0v) is 9.43. The lowest BCUT2D eigenvalue weighted by atomic mass is 10.2. The highest BCUT2D eigenvalue weighted by atomic mass is 16.7. The fourth-order valence-electron chi connectivity index (χ4n) is 2.57. The van der Waals surface area contributed by atoms with Crippen LogP contribution in [0.15, 0.2) is 18.6 Å². The number of nitrogen functional groups attached to an aromatic ring is 1. The first-order valence-corrected chi connectivity index (χ1v) is 5.78. The normalized spacial score (nSPS) is 33.8. The van der Waals surface area contributed by atoms with Gasteiger partial charge in [-0.15, -0.1) is 0 Å². The van der Waals surface area contributed by atoms with Gasteiger partial charge in [-0.1, -0.05) is 0 Å². The number of nitrogens with zero attached hydrogens (tertiary/aromatic N) is 3. The molecule has 7 nitrogen and oxygen atoms in total. The molecule has 0 aliphatic carbocycles. The van der Waals surface area contributed by atoms with E-state index in [1.165, 1.54) is 6.33 Å². The summed E-state index contributed by atoms with van der Waals surface area (Å²) in [5.41, 5.74) is 6.51. The Morgan fingerprint density at radius 3 is 3.00 bits per heavy atom. The van der Waals surface area contributed by atoms with Crippen molar-refractivity contribution in [1.82, 2.24) is 14.5 Å². The van der Waals surface area contributed by atoms with Crippen LogP contribution >= 0.6 is 0 Å². The van der Waals surface area contributed by atoms with Crippen LogP contribution in [0.2, 0.25) is 0 Å². The van der Waals surface area contributed by atoms with Crippen LogP contribution in [-0.4, -0.2) is 44.6 Å². The lowest BCUT2D eigenvalue weighted by molar-refractivity contribution is -0.0821. The molecule has 2 aliphatic rings. The van der Waals surface area contributed by atoms with E-state index < -0.39 is 0 Å². The molecular weight excluding hydrogens is 236 g/mol. The van der Waals surface area contributed by atoms with Gasteiger partial charge in [0.05, 0.1) is 12.0 Å². The van der Waals surface area contributed by atoms with Crippen LogP contribution in [0, 0.1) is 0 Å². The summed E-state index contributed by atoms with van der Waals surface area (Å²) in [6.07, 6.45) is 2.78. The molecule has 0 saturated carbocycles. The minimum absolute atomic E-state index is 0.00312. The number of anilines is 1. The monoisotopic (exact) mass is 248 g/mol. The average molecular weight is 248 g/mol. The third kappa shape index (κ3) is 1.23. The van der Waals surface area contributed by atoms with Crippen molar-refractivity contribution in [3.63, 3.8) is 0 Å². The molecule has 0 radical (unpaired) electrons. The van der Waals surface area contributed by atoms with E-state index in [-0.39, 0.29) is 31.1 Å². The molecule has 0 amide bonds. The van der Waals surface area contributed by atoms with Crippen molar-refractivity contribution < 1.29 is 14.6 Å². The Morgan fingerprint density at radius 1 is 1.33 bits per heavy atom. The molecule has 0 aromatic carbocycles. The second-order valence-electron chi connectivity index (χ2n) is 4.53. The van der Waals surface area contributed by atoms with E-state index in [1.807, 2.05) is 16.8 Å². The van der Waals surface area contributed by atoms with Gasteiger partial charge in [0.25, 0.3) is 0 Å². The second kappa shape index (κ2) is 3.41. The Morgan fingerprint density at radius 2 is 2.22 bits per heavy atom. The third-order valence-corrected chi connectivity index (χ3v) is 3.52. The molecule has 4 atom stereocenters. The van der Waals surface area contributed by atoms with Gasteiger partial charge in [-0.05, 0) is 6.07 Å². The molecule has 4 heterocycles. The number of aliphatic hydroxyl groups is 1. The number of aromatic nitrogens is 3. The van der Waals surface area contributed by atoms with Gasteiger partial charge in [0.1, 0.15) is 36.1 Å². The van der Waals surface area contributed by atoms with E-state index >= 15 is 0 Å².